The molecule has 0 amide bonds. The second-order valence-electron chi connectivity index (χ2n) is 4.86. The third kappa shape index (κ3) is 2.72. The number of hydrogen-bond acceptors (Lipinski definition) is 3. The van der Waals surface area contributed by atoms with Gasteiger partial charge in [-0.3, -0.25) is 9.78 Å². The summed E-state index contributed by atoms with van der Waals surface area (Å²) in [6.07, 6.45) is 6.11. The molecule has 0 bridgehead atoms. The average Bonchev–Trinajstić information content (AvgIpc) is 2.72. The van der Waals surface area contributed by atoms with Gasteiger partial charge in [-0.2, -0.15) is 0 Å². The minimum absolute atomic E-state index is 0.00546. The number of hydrogen-bond donors (Lipinski definition) is 1. The zero-order valence-electron chi connectivity index (χ0n) is 10.4. The number of pyridine rings is 1. The van der Waals surface area contributed by atoms with Crippen LogP contribution in [0.1, 0.15) is 49.8 Å². The second kappa shape index (κ2) is 5.41. The lowest BCUT2D eigenvalue weighted by Crippen LogP contribution is -2.26. The smallest absolute Gasteiger partial charge is 0.143 e. The summed E-state index contributed by atoms with van der Waals surface area (Å²) in [6.45, 7) is 2.09. The Kier molecular flexibility index (Phi) is 3.89. The summed E-state index contributed by atoms with van der Waals surface area (Å²) in [4.78, 5) is 16.5. The van der Waals surface area contributed by atoms with Crippen LogP contribution in [0, 0.1) is 0 Å². The van der Waals surface area contributed by atoms with Gasteiger partial charge >= 0.3 is 0 Å². The number of aryl methyl sites for hydroxylation is 1. The first kappa shape index (κ1) is 12.2. The van der Waals surface area contributed by atoms with Crippen LogP contribution in [0.2, 0.25) is 0 Å². The highest BCUT2D eigenvalue weighted by Gasteiger charge is 2.29. The average molecular weight is 232 g/mol. The van der Waals surface area contributed by atoms with Gasteiger partial charge in [0.25, 0.3) is 0 Å². The van der Waals surface area contributed by atoms with E-state index in [2.05, 4.69) is 18.0 Å². The molecule has 0 fully saturated rings. The summed E-state index contributed by atoms with van der Waals surface area (Å²) < 4.78 is 0. The molecule has 0 saturated carbocycles. The van der Waals surface area contributed by atoms with E-state index in [1.54, 1.807) is 6.20 Å². The van der Waals surface area contributed by atoms with Crippen LogP contribution in [0.25, 0.3) is 0 Å². The number of aromatic nitrogens is 1. The molecule has 2 unspecified atom stereocenters. The van der Waals surface area contributed by atoms with Crippen molar-refractivity contribution in [2.45, 2.75) is 51.0 Å². The Morgan fingerprint density at radius 1 is 1.65 bits per heavy atom. The van der Waals surface area contributed by atoms with E-state index in [0.29, 0.717) is 6.42 Å². The molecule has 1 aliphatic carbocycles. The van der Waals surface area contributed by atoms with Crippen molar-refractivity contribution in [2.24, 2.45) is 5.73 Å². The molecular formula is C14H20N2O. The molecule has 1 aliphatic rings. The van der Waals surface area contributed by atoms with Gasteiger partial charge in [0.1, 0.15) is 5.78 Å². The molecule has 0 radical (unpaired) electrons. The summed E-state index contributed by atoms with van der Waals surface area (Å²) >= 11 is 0. The number of carbonyl (C=O) groups is 1. The molecule has 17 heavy (non-hydrogen) atoms. The Morgan fingerprint density at radius 2 is 2.47 bits per heavy atom. The Hall–Kier alpha value is -1.22. The van der Waals surface area contributed by atoms with Gasteiger partial charge in [0.05, 0.1) is 11.6 Å². The van der Waals surface area contributed by atoms with Crippen LogP contribution < -0.4 is 5.73 Å². The van der Waals surface area contributed by atoms with Crippen LogP contribution in [-0.2, 0) is 11.2 Å². The largest absolute Gasteiger partial charge is 0.327 e. The van der Waals surface area contributed by atoms with Crippen molar-refractivity contribution in [2.75, 3.05) is 0 Å². The Balaban J connectivity index is 2.02. The number of nitrogens with two attached hydrogens (primary N) is 1. The monoisotopic (exact) mass is 232 g/mol. The zero-order chi connectivity index (χ0) is 12.3. The fourth-order valence-electron chi connectivity index (χ4n) is 2.60. The highest BCUT2D eigenvalue weighted by molar-refractivity contribution is 5.86. The van der Waals surface area contributed by atoms with E-state index in [4.69, 9.17) is 5.73 Å². The van der Waals surface area contributed by atoms with E-state index in [-0.39, 0.29) is 17.7 Å². The molecule has 0 aliphatic heterocycles. The standard InChI is InChI=1S/C14H20N2O/c1-2-4-11(15)9-13(17)12-7-6-10-5-3-8-16-14(10)12/h3,5,8,11-12H,2,4,6-7,9,15H2,1H3. The molecule has 2 rings (SSSR count). The van der Waals surface area contributed by atoms with Gasteiger partial charge in [-0.25, -0.2) is 0 Å². The van der Waals surface area contributed by atoms with E-state index in [0.717, 1.165) is 31.4 Å². The van der Waals surface area contributed by atoms with Crippen molar-refractivity contribution < 1.29 is 4.79 Å². The van der Waals surface area contributed by atoms with Gasteiger partial charge in [-0.1, -0.05) is 19.4 Å². The first-order chi connectivity index (χ1) is 8.22. The number of carbonyl (C=O) groups excluding carboxylic acids is 1. The van der Waals surface area contributed by atoms with Gasteiger partial charge in [-0.15, -0.1) is 0 Å². The van der Waals surface area contributed by atoms with E-state index in [9.17, 15) is 4.79 Å². The first-order valence-corrected chi connectivity index (χ1v) is 6.44. The van der Waals surface area contributed by atoms with Crippen LogP contribution in [0.5, 0.6) is 0 Å². The van der Waals surface area contributed by atoms with E-state index >= 15 is 0 Å². The maximum absolute atomic E-state index is 12.2. The molecule has 0 saturated heterocycles. The maximum Gasteiger partial charge on any atom is 0.143 e. The lowest BCUT2D eigenvalue weighted by Gasteiger charge is -2.13. The summed E-state index contributed by atoms with van der Waals surface area (Å²) in [5.74, 6) is 0.262. The van der Waals surface area contributed by atoms with Crippen LogP contribution in [0.4, 0.5) is 0 Å². The Labute approximate surface area is 102 Å². The predicted octanol–water partition coefficient (Wildman–Crippen LogP) is 2.20. The predicted molar refractivity (Wildman–Crippen MR) is 67.8 cm³/mol. The topological polar surface area (TPSA) is 56.0 Å². The number of ketones is 1. The first-order valence-electron chi connectivity index (χ1n) is 6.44. The molecule has 1 heterocycles. The minimum atomic E-state index is -0.00546. The van der Waals surface area contributed by atoms with E-state index in [1.807, 2.05) is 6.07 Å². The summed E-state index contributed by atoms with van der Waals surface area (Å²) in [5, 5.41) is 0. The molecular weight excluding hydrogens is 212 g/mol. The SMILES string of the molecule is CCCC(N)CC(=O)C1CCc2cccnc21. The molecule has 2 N–H and O–H groups in total. The van der Waals surface area contributed by atoms with Gasteiger partial charge < -0.3 is 5.73 Å². The fourth-order valence-corrected chi connectivity index (χ4v) is 2.60. The molecule has 1 aromatic heterocycles. The summed E-state index contributed by atoms with van der Waals surface area (Å²) in [5.41, 5.74) is 8.15. The Bertz CT molecular complexity index is 403. The lowest BCUT2D eigenvalue weighted by atomic mass is 9.94. The van der Waals surface area contributed by atoms with Crippen LogP contribution in [0.15, 0.2) is 18.3 Å². The van der Waals surface area contributed by atoms with Crippen molar-refractivity contribution in [1.29, 1.82) is 0 Å². The van der Waals surface area contributed by atoms with Crippen molar-refractivity contribution in [3.05, 3.63) is 29.6 Å². The van der Waals surface area contributed by atoms with Crippen molar-refractivity contribution in [3.8, 4) is 0 Å². The maximum atomic E-state index is 12.2. The van der Waals surface area contributed by atoms with Crippen LogP contribution in [-0.4, -0.2) is 16.8 Å². The third-order valence-corrected chi connectivity index (χ3v) is 3.47. The van der Waals surface area contributed by atoms with Crippen molar-refractivity contribution >= 4 is 5.78 Å². The van der Waals surface area contributed by atoms with Crippen molar-refractivity contribution in [1.82, 2.24) is 4.98 Å². The quantitative estimate of drug-likeness (QED) is 0.846. The fraction of sp³-hybridized carbons (Fsp3) is 0.571. The van der Waals surface area contributed by atoms with Crippen molar-refractivity contribution in [3.63, 3.8) is 0 Å². The second-order valence-corrected chi connectivity index (χ2v) is 4.86. The number of fused-ring (bicyclic) bond motifs is 1. The lowest BCUT2D eigenvalue weighted by molar-refractivity contribution is -0.120. The van der Waals surface area contributed by atoms with Gasteiger partial charge in [0.15, 0.2) is 0 Å². The van der Waals surface area contributed by atoms with Gasteiger partial charge in [0, 0.05) is 18.7 Å². The number of nitrogens with zero attached hydrogens (tertiary/aromatic N) is 1. The van der Waals surface area contributed by atoms with Crippen LogP contribution in [0.3, 0.4) is 0 Å². The molecule has 3 heteroatoms. The number of Topliss-reactive ketones (excluding diaryl/α,β-unsaturated/α-hetero) is 1. The Morgan fingerprint density at radius 3 is 3.24 bits per heavy atom. The number of rotatable bonds is 5. The molecule has 0 spiro atoms. The van der Waals surface area contributed by atoms with Crippen LogP contribution >= 0.6 is 0 Å². The normalized spacial score (nSPS) is 20.0. The zero-order valence-corrected chi connectivity index (χ0v) is 10.4. The van der Waals surface area contributed by atoms with Gasteiger partial charge in [0.2, 0.25) is 0 Å². The summed E-state index contributed by atoms with van der Waals surface area (Å²) in [7, 11) is 0. The highest BCUT2D eigenvalue weighted by atomic mass is 16.1. The molecule has 92 valence electrons. The molecule has 1 aromatic rings. The molecule has 2 atom stereocenters. The van der Waals surface area contributed by atoms with Gasteiger partial charge in [-0.05, 0) is 30.9 Å². The van der Waals surface area contributed by atoms with E-state index < -0.39 is 0 Å². The van der Waals surface area contributed by atoms with E-state index in [1.165, 1.54) is 5.56 Å². The molecule has 0 aromatic carbocycles. The third-order valence-electron chi connectivity index (χ3n) is 3.47. The summed E-state index contributed by atoms with van der Waals surface area (Å²) in [6, 6.07) is 4.02. The highest BCUT2D eigenvalue weighted by Crippen LogP contribution is 2.32. The minimum Gasteiger partial charge on any atom is -0.327 e. The molecule has 3 nitrogen and oxygen atoms in total.